The molecule has 20 heavy (non-hydrogen) atoms. The molecule has 2 aliphatic rings. The van der Waals surface area contributed by atoms with Gasteiger partial charge in [-0.3, -0.25) is 5.43 Å². The van der Waals surface area contributed by atoms with Crippen molar-refractivity contribution in [2.24, 2.45) is 5.92 Å². The van der Waals surface area contributed by atoms with E-state index in [4.69, 9.17) is 0 Å². The maximum atomic E-state index is 3.79. The molecule has 3 rings (SSSR count). The average Bonchev–Trinajstić information content (AvgIpc) is 3.21. The molecule has 3 atom stereocenters. The van der Waals surface area contributed by atoms with E-state index in [2.05, 4.69) is 59.9 Å². The van der Waals surface area contributed by atoms with Crippen molar-refractivity contribution in [2.45, 2.75) is 44.7 Å². The van der Waals surface area contributed by atoms with Gasteiger partial charge >= 0.3 is 0 Å². The Morgan fingerprint density at radius 1 is 1.25 bits per heavy atom. The smallest absolute Gasteiger partial charge is 0.0353 e. The normalized spacial score (nSPS) is 28.1. The van der Waals surface area contributed by atoms with Gasteiger partial charge in [0.1, 0.15) is 0 Å². The highest BCUT2D eigenvalue weighted by Crippen LogP contribution is 2.41. The third-order valence-corrected chi connectivity index (χ3v) is 4.71. The van der Waals surface area contributed by atoms with E-state index >= 15 is 0 Å². The van der Waals surface area contributed by atoms with Crippen molar-refractivity contribution in [3.05, 3.63) is 35.9 Å². The van der Waals surface area contributed by atoms with E-state index in [0.717, 1.165) is 31.5 Å². The lowest BCUT2D eigenvalue weighted by Gasteiger charge is -2.40. The Balaban J connectivity index is 1.33. The van der Waals surface area contributed by atoms with Crippen LogP contribution in [0.5, 0.6) is 0 Å². The van der Waals surface area contributed by atoms with Crippen LogP contribution in [-0.4, -0.2) is 36.7 Å². The van der Waals surface area contributed by atoms with Gasteiger partial charge in [-0.1, -0.05) is 50.6 Å². The first-order valence-electron chi connectivity index (χ1n) is 8.05. The maximum absolute atomic E-state index is 3.79. The maximum Gasteiger partial charge on any atom is 0.0353 e. The quantitative estimate of drug-likeness (QED) is 0.798. The molecular weight excluding hydrogens is 246 g/mol. The second-order valence-electron chi connectivity index (χ2n) is 6.50. The molecule has 3 unspecified atom stereocenters. The van der Waals surface area contributed by atoms with E-state index in [1.165, 1.54) is 18.4 Å². The molecule has 1 aliphatic heterocycles. The van der Waals surface area contributed by atoms with Crippen molar-refractivity contribution in [3.8, 4) is 0 Å². The Labute approximate surface area is 122 Å². The summed E-state index contributed by atoms with van der Waals surface area (Å²) in [6, 6.07) is 12.3. The molecule has 110 valence electrons. The van der Waals surface area contributed by atoms with Crippen molar-refractivity contribution in [2.75, 3.05) is 19.6 Å². The van der Waals surface area contributed by atoms with Gasteiger partial charge in [-0.05, 0) is 17.9 Å². The van der Waals surface area contributed by atoms with Gasteiger partial charge in [-0.2, -0.15) is 0 Å². The molecule has 1 saturated heterocycles. The molecule has 3 nitrogen and oxygen atoms in total. The Morgan fingerprint density at radius 3 is 2.70 bits per heavy atom. The van der Waals surface area contributed by atoms with Crippen molar-refractivity contribution >= 4 is 0 Å². The second-order valence-corrected chi connectivity index (χ2v) is 6.50. The zero-order chi connectivity index (χ0) is 13.9. The van der Waals surface area contributed by atoms with Crippen LogP contribution in [-0.2, 0) is 0 Å². The van der Waals surface area contributed by atoms with Crippen molar-refractivity contribution < 1.29 is 0 Å². The van der Waals surface area contributed by atoms with E-state index in [1.807, 2.05) is 0 Å². The number of hydrogen-bond acceptors (Lipinski definition) is 3. The number of nitrogens with zero attached hydrogens (tertiary/aromatic N) is 1. The molecule has 0 bridgehead atoms. The van der Waals surface area contributed by atoms with Gasteiger partial charge in [0.05, 0.1) is 0 Å². The van der Waals surface area contributed by atoms with E-state index in [1.54, 1.807) is 0 Å². The summed E-state index contributed by atoms with van der Waals surface area (Å²) in [6.45, 7) is 7.96. The molecule has 0 spiro atoms. The van der Waals surface area contributed by atoms with Crippen LogP contribution in [0.2, 0.25) is 0 Å². The summed E-state index contributed by atoms with van der Waals surface area (Å²) in [5.74, 6) is 1.52. The van der Waals surface area contributed by atoms with Crippen LogP contribution in [0.25, 0.3) is 0 Å². The SMILES string of the molecule is CCC(C)CNN1CC(NC2CC2c2ccccc2)C1. The van der Waals surface area contributed by atoms with E-state index in [9.17, 15) is 0 Å². The first kappa shape index (κ1) is 14.1. The van der Waals surface area contributed by atoms with Crippen LogP contribution in [0.3, 0.4) is 0 Å². The summed E-state index contributed by atoms with van der Waals surface area (Å²) in [5.41, 5.74) is 5.03. The summed E-state index contributed by atoms with van der Waals surface area (Å²) in [4.78, 5) is 0. The minimum Gasteiger partial charge on any atom is -0.308 e. The summed E-state index contributed by atoms with van der Waals surface area (Å²) >= 11 is 0. The van der Waals surface area contributed by atoms with Crippen LogP contribution >= 0.6 is 0 Å². The lowest BCUT2D eigenvalue weighted by Crippen LogP contribution is -2.63. The molecule has 0 amide bonds. The van der Waals surface area contributed by atoms with Gasteiger partial charge in [0.25, 0.3) is 0 Å². The minimum absolute atomic E-state index is 0.679. The zero-order valence-corrected chi connectivity index (χ0v) is 12.7. The molecule has 3 heteroatoms. The Bertz CT molecular complexity index is 414. The molecule has 2 fully saturated rings. The molecule has 2 N–H and O–H groups in total. The van der Waals surface area contributed by atoms with Crippen LogP contribution in [0, 0.1) is 5.92 Å². The minimum atomic E-state index is 0.679. The number of hydrogen-bond donors (Lipinski definition) is 2. The predicted molar refractivity (Wildman–Crippen MR) is 83.5 cm³/mol. The Kier molecular flexibility index (Phi) is 4.39. The second kappa shape index (κ2) is 6.25. The molecule has 0 radical (unpaired) electrons. The summed E-state index contributed by atoms with van der Waals surface area (Å²) in [5, 5.41) is 6.14. The third kappa shape index (κ3) is 3.40. The number of rotatable bonds is 7. The van der Waals surface area contributed by atoms with Crippen LogP contribution < -0.4 is 10.7 Å². The standard InChI is InChI=1S/C17H27N3/c1-3-13(2)10-18-20-11-15(12-20)19-17-9-16(17)14-7-5-4-6-8-14/h4-8,13,15-19H,3,9-12H2,1-2H3. The summed E-state index contributed by atoms with van der Waals surface area (Å²) in [7, 11) is 0. The lowest BCUT2D eigenvalue weighted by molar-refractivity contribution is 0.0605. The van der Waals surface area contributed by atoms with E-state index in [-0.39, 0.29) is 0 Å². The average molecular weight is 273 g/mol. The Hall–Kier alpha value is -0.900. The number of benzene rings is 1. The summed E-state index contributed by atoms with van der Waals surface area (Å²) < 4.78 is 0. The molecule has 1 aromatic rings. The molecule has 1 aliphatic carbocycles. The Morgan fingerprint density at radius 2 is 2.00 bits per heavy atom. The van der Waals surface area contributed by atoms with Gasteiger partial charge in [-0.25, -0.2) is 5.01 Å². The molecule has 1 aromatic carbocycles. The summed E-state index contributed by atoms with van der Waals surface area (Å²) in [6.07, 6.45) is 2.56. The third-order valence-electron chi connectivity index (χ3n) is 4.71. The fraction of sp³-hybridized carbons (Fsp3) is 0.647. The van der Waals surface area contributed by atoms with Crippen molar-refractivity contribution in [1.29, 1.82) is 0 Å². The molecular formula is C17H27N3. The van der Waals surface area contributed by atoms with Crippen molar-refractivity contribution in [3.63, 3.8) is 0 Å². The monoisotopic (exact) mass is 273 g/mol. The first-order chi connectivity index (χ1) is 9.76. The number of hydrazine groups is 1. The van der Waals surface area contributed by atoms with Crippen LogP contribution in [0.4, 0.5) is 0 Å². The van der Waals surface area contributed by atoms with Gasteiger partial charge in [-0.15, -0.1) is 0 Å². The van der Waals surface area contributed by atoms with Crippen LogP contribution in [0.15, 0.2) is 30.3 Å². The first-order valence-corrected chi connectivity index (χ1v) is 8.05. The zero-order valence-electron chi connectivity index (χ0n) is 12.7. The lowest BCUT2D eigenvalue weighted by atomic mass is 10.1. The highest BCUT2D eigenvalue weighted by Gasteiger charge is 2.41. The molecule has 1 saturated carbocycles. The number of nitrogens with one attached hydrogen (secondary N) is 2. The van der Waals surface area contributed by atoms with Crippen molar-refractivity contribution in [1.82, 2.24) is 15.8 Å². The van der Waals surface area contributed by atoms with Gasteiger partial charge in [0, 0.05) is 37.6 Å². The topological polar surface area (TPSA) is 27.3 Å². The fourth-order valence-electron chi connectivity index (χ4n) is 2.89. The highest BCUT2D eigenvalue weighted by molar-refractivity contribution is 5.27. The molecule has 0 aromatic heterocycles. The predicted octanol–water partition coefficient (Wildman–Crippen LogP) is 2.37. The van der Waals surface area contributed by atoms with E-state index < -0.39 is 0 Å². The van der Waals surface area contributed by atoms with Gasteiger partial charge in [0.15, 0.2) is 0 Å². The largest absolute Gasteiger partial charge is 0.308 e. The fourth-order valence-corrected chi connectivity index (χ4v) is 2.89. The molecule has 1 heterocycles. The van der Waals surface area contributed by atoms with Gasteiger partial charge in [0.2, 0.25) is 0 Å². The van der Waals surface area contributed by atoms with Crippen LogP contribution in [0.1, 0.15) is 38.2 Å². The van der Waals surface area contributed by atoms with Gasteiger partial charge < -0.3 is 5.32 Å². The van der Waals surface area contributed by atoms with E-state index in [0.29, 0.717) is 12.1 Å². The highest BCUT2D eigenvalue weighted by atomic mass is 15.5.